The first-order chi connectivity index (χ1) is 17.7. The number of nitrogens with zero attached hydrogens (tertiary/aromatic N) is 2. The molecule has 0 radical (unpaired) electrons. The number of methoxy groups -OCH3 is 1. The normalized spacial score (nSPS) is 22.8. The van der Waals surface area contributed by atoms with Crippen molar-refractivity contribution in [3.05, 3.63) is 58.1 Å². The minimum atomic E-state index is -0.661. The van der Waals surface area contributed by atoms with Gasteiger partial charge in [0, 0.05) is 30.1 Å². The van der Waals surface area contributed by atoms with E-state index in [4.69, 9.17) is 21.1 Å². The summed E-state index contributed by atoms with van der Waals surface area (Å²) in [6, 6.07) is 11.8. The van der Waals surface area contributed by atoms with Crippen LogP contribution in [0.15, 0.2) is 36.4 Å². The molecule has 0 spiro atoms. The first kappa shape index (κ1) is 27.7. The predicted octanol–water partition coefficient (Wildman–Crippen LogP) is 4.55. The van der Waals surface area contributed by atoms with E-state index in [1.807, 2.05) is 62.2 Å². The highest BCUT2D eigenvalue weighted by Gasteiger charge is 2.40. The number of hydrogen-bond donors (Lipinski definition) is 2. The second-order valence-electron chi connectivity index (χ2n) is 10.4. The van der Waals surface area contributed by atoms with Crippen molar-refractivity contribution < 1.29 is 24.5 Å². The molecule has 2 aromatic carbocycles. The van der Waals surface area contributed by atoms with Gasteiger partial charge in [0.25, 0.3) is 0 Å². The van der Waals surface area contributed by atoms with Crippen LogP contribution in [0.2, 0.25) is 5.02 Å². The van der Waals surface area contributed by atoms with Crippen LogP contribution >= 0.6 is 11.6 Å². The molecule has 0 aromatic heterocycles. The van der Waals surface area contributed by atoms with E-state index < -0.39 is 6.23 Å². The van der Waals surface area contributed by atoms with Crippen LogP contribution in [0.25, 0.3) is 0 Å². The van der Waals surface area contributed by atoms with Gasteiger partial charge in [-0.1, -0.05) is 23.7 Å². The Bertz CT molecular complexity index is 1070. The predicted molar refractivity (Wildman–Crippen MR) is 144 cm³/mol. The van der Waals surface area contributed by atoms with Gasteiger partial charge in [-0.15, -0.1) is 0 Å². The number of rotatable bonds is 9. The fraction of sp³-hybridized carbons (Fsp3) is 0.552. The Balaban J connectivity index is 1.68. The number of hydrogen-bond acceptors (Lipinski definition) is 6. The molecule has 1 fully saturated rings. The molecular weight excluding hydrogens is 492 g/mol. The Kier molecular flexibility index (Phi) is 9.01. The minimum Gasteiger partial charge on any atom is -0.493 e. The molecule has 37 heavy (non-hydrogen) atoms. The summed E-state index contributed by atoms with van der Waals surface area (Å²) in [5, 5.41) is 20.2. The van der Waals surface area contributed by atoms with Crippen molar-refractivity contribution in [3.63, 3.8) is 0 Å². The topological polar surface area (TPSA) is 82.5 Å². The fourth-order valence-electron chi connectivity index (χ4n) is 5.78. The summed E-state index contributed by atoms with van der Waals surface area (Å²) >= 11 is 6.22. The van der Waals surface area contributed by atoms with Crippen molar-refractivity contribution in [2.24, 2.45) is 0 Å². The van der Waals surface area contributed by atoms with E-state index in [2.05, 4.69) is 4.90 Å². The molecule has 2 atom stereocenters. The zero-order chi connectivity index (χ0) is 26.7. The van der Waals surface area contributed by atoms with E-state index in [9.17, 15) is 15.0 Å². The quantitative estimate of drug-likeness (QED) is 0.463. The van der Waals surface area contributed by atoms with Gasteiger partial charge < -0.3 is 24.6 Å². The molecule has 4 rings (SSSR count). The lowest BCUT2D eigenvalue weighted by Crippen LogP contribution is -2.51. The van der Waals surface area contributed by atoms with Gasteiger partial charge in [0.15, 0.2) is 11.5 Å². The molecule has 0 bridgehead atoms. The number of aliphatic hydroxyl groups is 2. The van der Waals surface area contributed by atoms with Crippen molar-refractivity contribution in [2.75, 3.05) is 20.8 Å². The number of benzene rings is 2. The van der Waals surface area contributed by atoms with E-state index in [1.54, 1.807) is 7.11 Å². The Morgan fingerprint density at radius 1 is 1.11 bits per heavy atom. The molecule has 1 aliphatic heterocycles. The average Bonchev–Trinajstić information content (AvgIpc) is 2.88. The van der Waals surface area contributed by atoms with Crippen molar-refractivity contribution >= 4 is 17.5 Å². The molecule has 202 valence electrons. The minimum absolute atomic E-state index is 0.0179. The highest BCUT2D eigenvalue weighted by molar-refractivity contribution is 6.30. The van der Waals surface area contributed by atoms with Gasteiger partial charge in [-0.25, -0.2) is 0 Å². The highest BCUT2D eigenvalue weighted by Crippen LogP contribution is 2.44. The Morgan fingerprint density at radius 3 is 2.38 bits per heavy atom. The van der Waals surface area contributed by atoms with E-state index in [0.717, 1.165) is 42.4 Å². The summed E-state index contributed by atoms with van der Waals surface area (Å²) < 4.78 is 11.7. The molecule has 2 aliphatic rings. The highest BCUT2D eigenvalue weighted by atomic mass is 35.5. The smallest absolute Gasteiger partial charge is 0.228 e. The number of amides is 1. The van der Waals surface area contributed by atoms with Gasteiger partial charge in [0.05, 0.1) is 25.7 Å². The Hall–Kier alpha value is -2.32. The van der Waals surface area contributed by atoms with Gasteiger partial charge in [-0.2, -0.15) is 0 Å². The summed E-state index contributed by atoms with van der Waals surface area (Å²) in [6.45, 7) is 3.93. The van der Waals surface area contributed by atoms with E-state index >= 15 is 0 Å². The van der Waals surface area contributed by atoms with Crippen molar-refractivity contribution in [1.29, 1.82) is 0 Å². The third-order valence-electron chi connectivity index (χ3n) is 7.67. The number of aliphatic hydroxyl groups excluding tert-OH is 2. The second-order valence-corrected chi connectivity index (χ2v) is 10.9. The molecule has 2 N–H and O–H groups in total. The summed E-state index contributed by atoms with van der Waals surface area (Å²) in [5.74, 6) is 1.41. The molecule has 0 saturated heterocycles. The van der Waals surface area contributed by atoms with Crippen LogP contribution < -0.4 is 9.47 Å². The lowest BCUT2D eigenvalue weighted by atomic mass is 9.82. The Labute approximate surface area is 224 Å². The first-order valence-corrected chi connectivity index (χ1v) is 13.6. The van der Waals surface area contributed by atoms with Crippen molar-refractivity contribution in [1.82, 2.24) is 9.80 Å². The zero-order valence-corrected chi connectivity index (χ0v) is 22.9. The number of ether oxygens (including phenoxy) is 2. The lowest BCUT2D eigenvalue weighted by molar-refractivity contribution is -0.137. The third-order valence-corrected chi connectivity index (χ3v) is 7.92. The van der Waals surface area contributed by atoms with E-state index in [0.29, 0.717) is 29.4 Å². The van der Waals surface area contributed by atoms with Crippen LogP contribution in [0.4, 0.5) is 0 Å². The SMILES string of the molecule is COc1cc2c(cc1OC(C)C)C(c1ccc(Cl)cc1)N(C1CCC(N(C)C(O)CCO)CC1)C(=O)C2. The first-order valence-electron chi connectivity index (χ1n) is 13.2. The molecule has 8 heteroatoms. The third kappa shape index (κ3) is 6.06. The van der Waals surface area contributed by atoms with E-state index in [1.165, 1.54) is 0 Å². The number of carbonyl (C=O) groups is 1. The van der Waals surface area contributed by atoms with Gasteiger partial charge in [0.1, 0.15) is 6.23 Å². The standard InChI is InChI=1S/C29H39ClN2O5/c1-18(2)37-26-17-24-20(15-25(26)36-4)16-28(35)32(29(24)19-5-7-21(30)8-6-19)23-11-9-22(10-12-23)31(3)27(34)13-14-33/h5-8,15,17-18,22-23,27,29,33-34H,9-14,16H2,1-4H3. The van der Waals surface area contributed by atoms with Crippen LogP contribution in [0.1, 0.15) is 68.7 Å². The van der Waals surface area contributed by atoms with Crippen LogP contribution in [-0.2, 0) is 11.2 Å². The molecule has 2 unspecified atom stereocenters. The van der Waals surface area contributed by atoms with Crippen molar-refractivity contribution in [2.45, 2.75) is 82.8 Å². The fourth-order valence-corrected chi connectivity index (χ4v) is 5.91. The number of carbonyl (C=O) groups excluding carboxylic acids is 1. The Morgan fingerprint density at radius 2 is 1.78 bits per heavy atom. The zero-order valence-electron chi connectivity index (χ0n) is 22.2. The summed E-state index contributed by atoms with van der Waals surface area (Å²) in [6.07, 6.45) is 3.40. The van der Waals surface area contributed by atoms with Crippen LogP contribution in [0.5, 0.6) is 11.5 Å². The summed E-state index contributed by atoms with van der Waals surface area (Å²) in [4.78, 5) is 17.8. The maximum absolute atomic E-state index is 13.7. The molecule has 2 aromatic rings. The number of halogens is 1. The lowest BCUT2D eigenvalue weighted by Gasteiger charge is -2.46. The second kappa shape index (κ2) is 12.0. The maximum atomic E-state index is 13.7. The largest absolute Gasteiger partial charge is 0.493 e. The maximum Gasteiger partial charge on any atom is 0.228 e. The molecule has 1 aliphatic carbocycles. The van der Waals surface area contributed by atoms with Gasteiger partial charge >= 0.3 is 0 Å². The van der Waals surface area contributed by atoms with Crippen LogP contribution in [0, 0.1) is 0 Å². The monoisotopic (exact) mass is 530 g/mol. The average molecular weight is 531 g/mol. The molecule has 1 saturated carbocycles. The molecule has 1 amide bonds. The van der Waals surface area contributed by atoms with E-state index in [-0.39, 0.29) is 36.7 Å². The molecular formula is C29H39ClN2O5. The summed E-state index contributed by atoms with van der Waals surface area (Å²) in [5.41, 5.74) is 3.02. The number of fused-ring (bicyclic) bond motifs is 1. The van der Waals surface area contributed by atoms with Crippen LogP contribution in [-0.4, -0.2) is 71.1 Å². The molecule has 7 nitrogen and oxygen atoms in total. The summed E-state index contributed by atoms with van der Waals surface area (Å²) in [7, 11) is 3.53. The van der Waals surface area contributed by atoms with Crippen molar-refractivity contribution in [3.8, 4) is 11.5 Å². The van der Waals surface area contributed by atoms with Gasteiger partial charge in [0.2, 0.25) is 5.91 Å². The molecule has 1 heterocycles. The van der Waals surface area contributed by atoms with Gasteiger partial charge in [-0.05, 0) is 87.5 Å². The van der Waals surface area contributed by atoms with Crippen LogP contribution in [0.3, 0.4) is 0 Å². The van der Waals surface area contributed by atoms with Gasteiger partial charge in [-0.3, -0.25) is 9.69 Å².